The number of hydrogen-bond donors (Lipinski definition) is 1. The fourth-order valence-electron chi connectivity index (χ4n) is 1.71. The largest absolute Gasteiger partial charge is 0.418 e. The topological polar surface area (TPSA) is 38.9 Å². The Balaban J connectivity index is 3.23. The summed E-state index contributed by atoms with van der Waals surface area (Å²) in [6.45, 7) is 3.86. The zero-order valence-corrected chi connectivity index (χ0v) is 9.30. The van der Waals surface area contributed by atoms with Crippen LogP contribution < -0.4 is 5.73 Å². The predicted octanol–water partition coefficient (Wildman–Crippen LogP) is 2.73. The van der Waals surface area contributed by atoms with Crippen LogP contribution >= 0.6 is 0 Å². The van der Waals surface area contributed by atoms with Gasteiger partial charge in [0.15, 0.2) is 0 Å². The first-order valence-electron chi connectivity index (χ1n) is 5.01. The van der Waals surface area contributed by atoms with Gasteiger partial charge in [0.1, 0.15) is 0 Å². The maximum atomic E-state index is 12.7. The zero-order valence-electron chi connectivity index (χ0n) is 9.30. The molecule has 5 heteroatoms. The van der Waals surface area contributed by atoms with E-state index in [1.54, 1.807) is 13.8 Å². The minimum atomic E-state index is -4.37. The Morgan fingerprint density at radius 3 is 2.38 bits per heavy atom. The minimum absolute atomic E-state index is 0.250. The van der Waals surface area contributed by atoms with Crippen LogP contribution in [-0.2, 0) is 11.6 Å². The molecule has 0 aliphatic carbocycles. The highest BCUT2D eigenvalue weighted by Gasteiger charge is 2.37. The van der Waals surface area contributed by atoms with E-state index in [1.165, 1.54) is 12.3 Å². The summed E-state index contributed by atoms with van der Waals surface area (Å²) in [6.07, 6.45) is -1.62. The summed E-state index contributed by atoms with van der Waals surface area (Å²) >= 11 is 0. The lowest BCUT2D eigenvalue weighted by atomic mass is 9.79. The van der Waals surface area contributed by atoms with Crippen LogP contribution in [0.2, 0.25) is 0 Å². The maximum Gasteiger partial charge on any atom is 0.418 e. The first-order valence-corrected chi connectivity index (χ1v) is 5.01. The number of hydrogen-bond acceptors (Lipinski definition) is 2. The molecule has 1 heterocycles. The van der Waals surface area contributed by atoms with Crippen molar-refractivity contribution in [2.24, 2.45) is 5.73 Å². The first-order chi connectivity index (χ1) is 7.29. The second kappa shape index (κ2) is 4.41. The molecule has 16 heavy (non-hydrogen) atoms. The van der Waals surface area contributed by atoms with Gasteiger partial charge in [0, 0.05) is 12.4 Å². The number of pyridine rings is 1. The van der Waals surface area contributed by atoms with Crippen LogP contribution in [-0.4, -0.2) is 11.5 Å². The van der Waals surface area contributed by atoms with Crippen LogP contribution in [0.5, 0.6) is 0 Å². The van der Waals surface area contributed by atoms with E-state index < -0.39 is 17.2 Å². The van der Waals surface area contributed by atoms with E-state index in [2.05, 4.69) is 4.98 Å². The van der Waals surface area contributed by atoms with Crippen molar-refractivity contribution in [2.75, 3.05) is 6.54 Å². The van der Waals surface area contributed by atoms with Gasteiger partial charge in [-0.15, -0.1) is 0 Å². The van der Waals surface area contributed by atoms with Crippen LogP contribution in [0, 0.1) is 0 Å². The van der Waals surface area contributed by atoms with Crippen LogP contribution in [0.4, 0.5) is 13.2 Å². The highest BCUT2D eigenvalue weighted by atomic mass is 19.4. The average molecular weight is 232 g/mol. The van der Waals surface area contributed by atoms with Gasteiger partial charge in [-0.25, -0.2) is 0 Å². The smallest absolute Gasteiger partial charge is 0.330 e. The van der Waals surface area contributed by atoms with Crippen LogP contribution in [0.3, 0.4) is 0 Å². The number of rotatable bonds is 3. The third kappa shape index (κ3) is 2.72. The average Bonchev–Trinajstić information content (AvgIpc) is 2.16. The summed E-state index contributed by atoms with van der Waals surface area (Å²) < 4.78 is 38.2. The molecule has 0 bridgehead atoms. The van der Waals surface area contributed by atoms with Gasteiger partial charge in [-0.05, 0) is 30.0 Å². The highest BCUT2D eigenvalue weighted by molar-refractivity contribution is 5.32. The molecule has 2 nitrogen and oxygen atoms in total. The second-order valence-electron chi connectivity index (χ2n) is 4.34. The molecule has 1 aromatic rings. The summed E-state index contributed by atoms with van der Waals surface area (Å²) in [7, 11) is 0. The Labute approximate surface area is 92.7 Å². The molecule has 0 saturated carbocycles. The van der Waals surface area contributed by atoms with Crippen molar-refractivity contribution in [2.45, 2.75) is 31.9 Å². The quantitative estimate of drug-likeness (QED) is 0.870. The Morgan fingerprint density at radius 2 is 1.88 bits per heavy atom. The summed E-state index contributed by atoms with van der Waals surface area (Å²) in [5.74, 6) is 0. The van der Waals surface area contributed by atoms with Crippen LogP contribution in [0.15, 0.2) is 18.5 Å². The van der Waals surface area contributed by atoms with Crippen LogP contribution in [0.1, 0.15) is 31.4 Å². The van der Waals surface area contributed by atoms with Gasteiger partial charge in [0.25, 0.3) is 0 Å². The highest BCUT2D eigenvalue weighted by Crippen LogP contribution is 2.38. The molecule has 0 saturated heterocycles. The van der Waals surface area contributed by atoms with E-state index >= 15 is 0 Å². The summed E-state index contributed by atoms with van der Waals surface area (Å²) in [4.78, 5) is 3.53. The molecule has 0 fully saturated rings. The molecule has 1 aromatic heterocycles. The molecular weight excluding hydrogens is 217 g/mol. The predicted molar refractivity (Wildman–Crippen MR) is 55.9 cm³/mol. The Hall–Kier alpha value is -1.10. The van der Waals surface area contributed by atoms with Crippen molar-refractivity contribution in [1.82, 2.24) is 4.98 Å². The lowest BCUT2D eigenvalue weighted by Crippen LogP contribution is -2.25. The Kier molecular flexibility index (Phi) is 3.57. The van der Waals surface area contributed by atoms with Crippen LogP contribution in [0.25, 0.3) is 0 Å². The molecule has 0 aromatic carbocycles. The molecule has 0 atom stereocenters. The number of alkyl halides is 3. The molecule has 90 valence electrons. The van der Waals surface area contributed by atoms with Gasteiger partial charge in [-0.3, -0.25) is 4.98 Å². The third-order valence-electron chi connectivity index (χ3n) is 2.62. The van der Waals surface area contributed by atoms with E-state index in [1.807, 2.05) is 0 Å². The minimum Gasteiger partial charge on any atom is -0.330 e. The molecule has 2 N–H and O–H groups in total. The molecule has 0 radical (unpaired) electrons. The van der Waals surface area contributed by atoms with Crippen molar-refractivity contribution in [1.29, 1.82) is 0 Å². The van der Waals surface area contributed by atoms with Crippen molar-refractivity contribution < 1.29 is 13.2 Å². The zero-order chi connectivity index (χ0) is 12.4. The SMILES string of the molecule is CC(C)(CCN)c1ccncc1C(F)(F)F. The number of halogens is 3. The molecule has 0 spiro atoms. The molecule has 0 unspecified atom stereocenters. The molecule has 0 aliphatic heterocycles. The van der Waals surface area contributed by atoms with Crippen molar-refractivity contribution in [3.63, 3.8) is 0 Å². The molecule has 1 rings (SSSR count). The molecular formula is C11H15F3N2. The number of aromatic nitrogens is 1. The van der Waals surface area contributed by atoms with Gasteiger partial charge in [0.05, 0.1) is 5.56 Å². The number of nitrogens with two attached hydrogens (primary N) is 1. The van der Waals surface area contributed by atoms with Crippen molar-refractivity contribution >= 4 is 0 Å². The first kappa shape index (κ1) is 13.0. The summed E-state index contributed by atoms with van der Waals surface area (Å²) in [6, 6.07) is 1.42. The standard InChI is InChI=1S/C11H15F3N2/c1-10(2,4-5-15)8-3-6-16-7-9(8)11(12,13)14/h3,6-7H,4-5,15H2,1-2H3. The van der Waals surface area contributed by atoms with E-state index in [0.717, 1.165) is 6.20 Å². The maximum absolute atomic E-state index is 12.7. The van der Waals surface area contributed by atoms with Gasteiger partial charge in [0.2, 0.25) is 0 Å². The van der Waals surface area contributed by atoms with E-state index in [9.17, 15) is 13.2 Å². The van der Waals surface area contributed by atoms with Gasteiger partial charge in [-0.2, -0.15) is 13.2 Å². The van der Waals surface area contributed by atoms with E-state index in [-0.39, 0.29) is 5.56 Å². The van der Waals surface area contributed by atoms with Gasteiger partial charge < -0.3 is 5.73 Å². The summed E-state index contributed by atoms with van der Waals surface area (Å²) in [5.41, 5.74) is 4.40. The van der Waals surface area contributed by atoms with Gasteiger partial charge >= 0.3 is 6.18 Å². The number of nitrogens with zero attached hydrogens (tertiary/aromatic N) is 1. The van der Waals surface area contributed by atoms with E-state index in [0.29, 0.717) is 13.0 Å². The fraction of sp³-hybridized carbons (Fsp3) is 0.545. The van der Waals surface area contributed by atoms with Gasteiger partial charge in [-0.1, -0.05) is 13.8 Å². The fourth-order valence-corrected chi connectivity index (χ4v) is 1.71. The van der Waals surface area contributed by atoms with E-state index in [4.69, 9.17) is 5.73 Å². The van der Waals surface area contributed by atoms with Crippen molar-refractivity contribution in [3.8, 4) is 0 Å². The second-order valence-corrected chi connectivity index (χ2v) is 4.34. The Morgan fingerprint density at radius 1 is 1.25 bits per heavy atom. The monoisotopic (exact) mass is 232 g/mol. The van der Waals surface area contributed by atoms with Crippen molar-refractivity contribution in [3.05, 3.63) is 29.6 Å². The third-order valence-corrected chi connectivity index (χ3v) is 2.62. The lowest BCUT2D eigenvalue weighted by Gasteiger charge is -2.27. The molecule has 0 aliphatic rings. The summed E-state index contributed by atoms with van der Waals surface area (Å²) in [5, 5.41) is 0. The normalized spacial score (nSPS) is 12.9. The Bertz CT molecular complexity index is 358. The lowest BCUT2D eigenvalue weighted by molar-refractivity contribution is -0.139. The molecule has 0 amide bonds.